The normalized spacial score (nSPS) is 13.8. The second-order valence-electron chi connectivity index (χ2n) is 5.14. The predicted octanol–water partition coefficient (Wildman–Crippen LogP) is 1.67. The Balaban J connectivity index is 1.92. The molecular formula is C15H19NO5. The first-order chi connectivity index (χ1) is 9.97. The average molecular weight is 293 g/mol. The molecule has 0 aliphatic carbocycles. The van der Waals surface area contributed by atoms with E-state index in [9.17, 15) is 9.59 Å². The largest absolute Gasteiger partial charge is 0.481 e. The lowest BCUT2D eigenvalue weighted by atomic mass is 10.1. The van der Waals surface area contributed by atoms with Crippen LogP contribution in [0, 0.1) is 0 Å². The van der Waals surface area contributed by atoms with Gasteiger partial charge in [-0.2, -0.15) is 0 Å². The number of carboxylic acids is 1. The van der Waals surface area contributed by atoms with Gasteiger partial charge in [-0.25, -0.2) is 0 Å². The summed E-state index contributed by atoms with van der Waals surface area (Å²) in [6.07, 6.45) is 0.559. The number of ether oxygens (including phenoxy) is 2. The van der Waals surface area contributed by atoms with E-state index in [1.165, 1.54) is 0 Å². The summed E-state index contributed by atoms with van der Waals surface area (Å²) in [4.78, 5) is 24.0. The third kappa shape index (κ3) is 3.87. The first kappa shape index (κ1) is 15.2. The van der Waals surface area contributed by atoms with E-state index in [2.05, 4.69) is 0 Å². The van der Waals surface area contributed by atoms with Crippen LogP contribution in [0.25, 0.3) is 0 Å². The lowest BCUT2D eigenvalue weighted by Gasteiger charge is -2.25. The van der Waals surface area contributed by atoms with E-state index in [1.54, 1.807) is 11.9 Å². The van der Waals surface area contributed by atoms with E-state index < -0.39 is 5.97 Å². The van der Waals surface area contributed by atoms with Crippen LogP contribution in [0.1, 0.15) is 25.3 Å². The summed E-state index contributed by atoms with van der Waals surface area (Å²) in [6, 6.07) is 5.69. The number of aliphatic carboxylic acids is 1. The summed E-state index contributed by atoms with van der Waals surface area (Å²) in [5.41, 5.74) is 1.05. The van der Waals surface area contributed by atoms with Crippen LogP contribution < -0.4 is 9.47 Å². The van der Waals surface area contributed by atoms with Crippen molar-refractivity contribution < 1.29 is 24.2 Å². The molecule has 1 atom stereocenters. The van der Waals surface area contributed by atoms with Gasteiger partial charge in [0, 0.05) is 19.5 Å². The van der Waals surface area contributed by atoms with Crippen molar-refractivity contribution in [3.63, 3.8) is 0 Å². The summed E-state index contributed by atoms with van der Waals surface area (Å²) in [6.45, 7) is 2.17. The van der Waals surface area contributed by atoms with E-state index in [0.717, 1.165) is 17.1 Å². The number of likely N-dealkylation sites (N-methyl/N-ethyl adjacent to an activating group) is 1. The molecule has 0 aromatic heterocycles. The van der Waals surface area contributed by atoms with Crippen LogP contribution in [-0.2, 0) is 16.0 Å². The molecule has 114 valence electrons. The van der Waals surface area contributed by atoms with Gasteiger partial charge in [-0.05, 0) is 31.0 Å². The van der Waals surface area contributed by atoms with Crippen molar-refractivity contribution >= 4 is 11.9 Å². The standard InChI is InChI=1S/C15H19NO5/c1-10(16(2)14(17)5-6-15(18)19)7-11-3-4-12-13(8-11)21-9-20-12/h3-4,8,10H,5-7,9H2,1-2H3,(H,18,19). The molecular weight excluding hydrogens is 274 g/mol. The van der Waals surface area contributed by atoms with Gasteiger partial charge >= 0.3 is 5.97 Å². The highest BCUT2D eigenvalue weighted by molar-refractivity contribution is 5.80. The van der Waals surface area contributed by atoms with Crippen LogP contribution in [0.15, 0.2) is 18.2 Å². The van der Waals surface area contributed by atoms with Crippen molar-refractivity contribution in [3.8, 4) is 11.5 Å². The Kier molecular flexibility index (Phi) is 4.67. The number of nitrogens with zero attached hydrogens (tertiary/aromatic N) is 1. The van der Waals surface area contributed by atoms with Crippen molar-refractivity contribution in [2.75, 3.05) is 13.8 Å². The summed E-state index contributed by atoms with van der Waals surface area (Å²) in [7, 11) is 1.70. The third-order valence-corrected chi connectivity index (χ3v) is 3.58. The highest BCUT2D eigenvalue weighted by Crippen LogP contribution is 2.32. The lowest BCUT2D eigenvalue weighted by Crippen LogP contribution is -2.36. The smallest absolute Gasteiger partial charge is 0.303 e. The first-order valence-electron chi connectivity index (χ1n) is 6.83. The van der Waals surface area contributed by atoms with Crippen LogP contribution in [-0.4, -0.2) is 41.8 Å². The molecule has 1 aliphatic heterocycles. The Morgan fingerprint density at radius 3 is 2.71 bits per heavy atom. The fourth-order valence-corrected chi connectivity index (χ4v) is 2.18. The quantitative estimate of drug-likeness (QED) is 0.863. The Morgan fingerprint density at radius 2 is 2.00 bits per heavy atom. The average Bonchev–Trinajstić information content (AvgIpc) is 2.91. The molecule has 1 aromatic rings. The van der Waals surface area contributed by atoms with Crippen LogP contribution in [0.5, 0.6) is 11.5 Å². The summed E-state index contributed by atoms with van der Waals surface area (Å²) in [5, 5.41) is 8.61. The Morgan fingerprint density at radius 1 is 1.29 bits per heavy atom. The van der Waals surface area contributed by atoms with Crippen molar-refractivity contribution in [1.29, 1.82) is 0 Å². The number of carboxylic acid groups (broad SMARTS) is 1. The van der Waals surface area contributed by atoms with Gasteiger partial charge in [-0.3, -0.25) is 9.59 Å². The molecule has 6 nitrogen and oxygen atoms in total. The fourth-order valence-electron chi connectivity index (χ4n) is 2.18. The first-order valence-corrected chi connectivity index (χ1v) is 6.83. The zero-order valence-electron chi connectivity index (χ0n) is 12.2. The Hall–Kier alpha value is -2.24. The molecule has 0 saturated heterocycles. The second kappa shape index (κ2) is 6.47. The molecule has 1 amide bonds. The molecule has 0 radical (unpaired) electrons. The van der Waals surface area contributed by atoms with Crippen molar-refractivity contribution in [2.24, 2.45) is 0 Å². The minimum atomic E-state index is -0.958. The Labute approximate surface area is 123 Å². The van der Waals surface area contributed by atoms with Crippen LogP contribution in [0.3, 0.4) is 0 Å². The Bertz CT molecular complexity index is 543. The number of carbonyl (C=O) groups excluding carboxylic acids is 1. The van der Waals surface area contributed by atoms with E-state index in [1.807, 2.05) is 25.1 Å². The number of fused-ring (bicyclic) bond motifs is 1. The van der Waals surface area contributed by atoms with Gasteiger partial charge in [-0.15, -0.1) is 0 Å². The number of benzene rings is 1. The zero-order valence-corrected chi connectivity index (χ0v) is 12.2. The minimum Gasteiger partial charge on any atom is -0.481 e. The minimum absolute atomic E-state index is 0.0216. The topological polar surface area (TPSA) is 76.1 Å². The molecule has 0 spiro atoms. The molecule has 1 heterocycles. The third-order valence-electron chi connectivity index (χ3n) is 3.58. The van der Waals surface area contributed by atoms with E-state index in [0.29, 0.717) is 6.42 Å². The van der Waals surface area contributed by atoms with Crippen molar-refractivity contribution in [3.05, 3.63) is 23.8 Å². The van der Waals surface area contributed by atoms with E-state index >= 15 is 0 Å². The van der Waals surface area contributed by atoms with Crippen molar-refractivity contribution in [2.45, 2.75) is 32.2 Å². The molecule has 6 heteroatoms. The van der Waals surface area contributed by atoms with Crippen molar-refractivity contribution in [1.82, 2.24) is 4.90 Å². The molecule has 1 unspecified atom stereocenters. The fraction of sp³-hybridized carbons (Fsp3) is 0.467. The number of hydrogen-bond donors (Lipinski definition) is 1. The number of carbonyl (C=O) groups is 2. The maximum atomic E-state index is 11.9. The van der Waals surface area contributed by atoms with Gasteiger partial charge in [0.25, 0.3) is 0 Å². The molecule has 1 N–H and O–H groups in total. The predicted molar refractivity (Wildman–Crippen MR) is 75.4 cm³/mol. The molecule has 21 heavy (non-hydrogen) atoms. The molecule has 1 aliphatic rings. The van der Waals surface area contributed by atoms with Crippen LogP contribution in [0.4, 0.5) is 0 Å². The summed E-state index contributed by atoms with van der Waals surface area (Å²) in [5.74, 6) is 0.336. The SMILES string of the molecule is CC(Cc1ccc2c(c1)OCO2)N(C)C(=O)CCC(=O)O. The maximum absolute atomic E-state index is 11.9. The number of hydrogen-bond acceptors (Lipinski definition) is 4. The molecule has 0 bridgehead atoms. The van der Waals surface area contributed by atoms with E-state index in [-0.39, 0.29) is 31.6 Å². The molecule has 1 aromatic carbocycles. The van der Waals surface area contributed by atoms with Gasteiger partial charge in [0.2, 0.25) is 12.7 Å². The van der Waals surface area contributed by atoms with Gasteiger partial charge in [0.15, 0.2) is 11.5 Å². The summed E-state index contributed by atoms with van der Waals surface area (Å²) >= 11 is 0. The molecule has 2 rings (SSSR count). The van der Waals surface area contributed by atoms with Gasteiger partial charge < -0.3 is 19.5 Å². The maximum Gasteiger partial charge on any atom is 0.303 e. The van der Waals surface area contributed by atoms with Gasteiger partial charge in [0.05, 0.1) is 6.42 Å². The highest BCUT2D eigenvalue weighted by Gasteiger charge is 2.19. The molecule has 0 fully saturated rings. The molecule has 0 saturated carbocycles. The van der Waals surface area contributed by atoms with Gasteiger partial charge in [-0.1, -0.05) is 6.07 Å². The number of amides is 1. The zero-order chi connectivity index (χ0) is 15.4. The summed E-state index contributed by atoms with van der Waals surface area (Å²) < 4.78 is 10.6. The van der Waals surface area contributed by atoms with Gasteiger partial charge in [0.1, 0.15) is 0 Å². The number of rotatable bonds is 6. The second-order valence-corrected chi connectivity index (χ2v) is 5.14. The lowest BCUT2D eigenvalue weighted by molar-refractivity contribution is -0.141. The monoisotopic (exact) mass is 293 g/mol. The van der Waals surface area contributed by atoms with E-state index in [4.69, 9.17) is 14.6 Å². The van der Waals surface area contributed by atoms with Crippen LogP contribution in [0.2, 0.25) is 0 Å². The highest BCUT2D eigenvalue weighted by atomic mass is 16.7. The van der Waals surface area contributed by atoms with Crippen LogP contribution >= 0.6 is 0 Å².